The maximum atomic E-state index is 5.52. The Bertz CT molecular complexity index is 2810. The van der Waals surface area contributed by atoms with Gasteiger partial charge in [-0.1, -0.05) is 24.3 Å². The van der Waals surface area contributed by atoms with Gasteiger partial charge in [0.25, 0.3) is 0 Å². The number of H-pyrrole nitrogens is 2. The molecule has 0 atom stereocenters. The van der Waals surface area contributed by atoms with Gasteiger partial charge in [-0.3, -0.25) is 0 Å². The van der Waals surface area contributed by atoms with Gasteiger partial charge in [-0.2, -0.15) is 0 Å². The first-order valence-electron chi connectivity index (χ1n) is 19.4. The number of aromatic nitrogens is 8. The van der Waals surface area contributed by atoms with Crippen molar-refractivity contribution in [2.45, 2.75) is 88.5 Å². The van der Waals surface area contributed by atoms with Crippen molar-refractivity contribution < 1.29 is 17.9 Å². The van der Waals surface area contributed by atoms with E-state index in [2.05, 4.69) is 136 Å². The number of hydrogen-bond acceptors (Lipinski definition) is 6. The monoisotopic (exact) mass is 789 g/mol. The Morgan fingerprint density at radius 3 is 1.59 bits per heavy atom. The molecule has 5 heterocycles. The Balaban J connectivity index is 1.61. The summed E-state index contributed by atoms with van der Waals surface area (Å²) >= 11 is 1.05. The molecule has 280 valence electrons. The Labute approximate surface area is 339 Å². The van der Waals surface area contributed by atoms with Crippen LogP contribution in [0, 0.1) is 22.3 Å². The van der Waals surface area contributed by atoms with E-state index in [-0.39, 0.29) is 21.7 Å². The molecule has 3 aromatic carbocycles. The molecule has 0 fully saturated rings. The number of nitrogens with one attached hydrogen (secondary N) is 2. The van der Waals surface area contributed by atoms with Crippen molar-refractivity contribution in [1.29, 1.82) is 0 Å². The molecular formula is C47H49N8Zn-. The van der Waals surface area contributed by atoms with Crippen LogP contribution in [0.2, 0.25) is 0 Å². The fourth-order valence-electron chi connectivity index (χ4n) is 7.93. The molecule has 2 N–H and O–H groups in total. The molecule has 8 nitrogen and oxygen atoms in total. The van der Waals surface area contributed by atoms with Gasteiger partial charge in [0.15, 0.2) is 0 Å². The van der Waals surface area contributed by atoms with Crippen molar-refractivity contribution in [2.24, 2.45) is 16.2 Å². The third kappa shape index (κ3) is 6.58. The molecule has 2 aliphatic heterocycles. The van der Waals surface area contributed by atoms with E-state index in [0.717, 1.165) is 62.0 Å². The molecule has 8 rings (SSSR count). The average molecular weight is 791 g/mol. The van der Waals surface area contributed by atoms with Crippen LogP contribution >= 0.6 is 0 Å². The molecule has 0 saturated carbocycles. The summed E-state index contributed by atoms with van der Waals surface area (Å²) in [5.74, 6) is 2.36. The van der Waals surface area contributed by atoms with Gasteiger partial charge in [-0.25, -0.2) is 0 Å². The Hall–Kier alpha value is -5.01. The summed E-state index contributed by atoms with van der Waals surface area (Å²) in [5.41, 5.74) is 10.3. The van der Waals surface area contributed by atoms with Gasteiger partial charge in [0.2, 0.25) is 0 Å². The van der Waals surface area contributed by atoms with E-state index in [1.54, 1.807) is 0 Å². The zero-order valence-electron chi connectivity index (χ0n) is 34.7. The Morgan fingerprint density at radius 2 is 1.04 bits per heavy atom. The SMILES string of the molecule is CC(C)(C)[C](=[Zn])/C(=C(\c1[c-]c2nc3nc(nc4[nH]c(nc5nc(nc1[nH]2)-c1c-5cccc1C(C)(C)C)c1ccccc41)-c1ccccc1-3)C(C)(C)C)C(C)(C)C. The third-order valence-corrected chi connectivity index (χ3v) is 13.6. The van der Waals surface area contributed by atoms with Crippen LogP contribution in [0.4, 0.5) is 0 Å². The molecule has 56 heavy (non-hydrogen) atoms. The first-order chi connectivity index (χ1) is 26.2. The van der Waals surface area contributed by atoms with Crippen molar-refractivity contribution >= 4 is 43.0 Å². The number of aromatic amines is 2. The van der Waals surface area contributed by atoms with E-state index in [0.29, 0.717) is 45.9 Å². The fraction of sp³-hybridized carbons (Fsp3) is 0.340. The number of allylic oxidation sites excluding steroid dienone is 2. The van der Waals surface area contributed by atoms with E-state index in [1.165, 1.54) is 15.3 Å². The molecule has 0 spiro atoms. The maximum absolute atomic E-state index is 5.52. The van der Waals surface area contributed by atoms with E-state index >= 15 is 0 Å². The van der Waals surface area contributed by atoms with Crippen LogP contribution in [0.5, 0.6) is 0 Å². The third-order valence-electron chi connectivity index (χ3n) is 10.6. The van der Waals surface area contributed by atoms with Gasteiger partial charge in [0, 0.05) is 5.39 Å². The first-order valence-corrected chi connectivity index (χ1v) is 20.9. The minimum absolute atomic E-state index is 0.0204. The molecule has 0 saturated heterocycles. The second kappa shape index (κ2) is 13.0. The number of fused-ring (bicyclic) bond motifs is 17. The van der Waals surface area contributed by atoms with Crippen molar-refractivity contribution in [3.8, 4) is 45.6 Å². The molecule has 2 aliphatic rings. The summed E-state index contributed by atoms with van der Waals surface area (Å²) in [6, 6.07) is 26.5. The van der Waals surface area contributed by atoms with Crippen LogP contribution in [-0.2, 0) is 23.3 Å². The second-order valence-electron chi connectivity index (χ2n) is 19.2. The van der Waals surface area contributed by atoms with Gasteiger partial charge in [-0.15, -0.1) is 0 Å². The van der Waals surface area contributed by atoms with Crippen molar-refractivity contribution in [3.05, 3.63) is 89.5 Å². The number of rotatable bonds is 2. The summed E-state index contributed by atoms with van der Waals surface area (Å²) in [6.45, 7) is 27.5. The quantitative estimate of drug-likeness (QED) is 0.133. The zero-order chi connectivity index (χ0) is 40.1. The van der Waals surface area contributed by atoms with Gasteiger partial charge in [-0.05, 0) is 0 Å². The number of benzene rings is 3. The van der Waals surface area contributed by atoms with Crippen LogP contribution in [0.25, 0.3) is 84.5 Å². The van der Waals surface area contributed by atoms with Gasteiger partial charge >= 0.3 is 311 Å². The van der Waals surface area contributed by atoms with Crippen molar-refractivity contribution in [3.63, 3.8) is 0 Å². The van der Waals surface area contributed by atoms with Crippen molar-refractivity contribution in [2.75, 3.05) is 0 Å². The van der Waals surface area contributed by atoms with Crippen molar-refractivity contribution in [1.82, 2.24) is 39.9 Å². The molecule has 0 amide bonds. The summed E-state index contributed by atoms with van der Waals surface area (Å²) in [6.07, 6.45) is 0. The summed E-state index contributed by atoms with van der Waals surface area (Å²) < 4.78 is 1.45. The van der Waals surface area contributed by atoms with E-state index in [4.69, 9.17) is 29.9 Å². The number of nitrogens with zero attached hydrogens (tertiary/aromatic N) is 6. The van der Waals surface area contributed by atoms with Gasteiger partial charge in [0.1, 0.15) is 0 Å². The summed E-state index contributed by atoms with van der Waals surface area (Å²) in [4.78, 5) is 38.7. The fourth-order valence-corrected chi connectivity index (χ4v) is 9.41. The van der Waals surface area contributed by atoms with Crippen LogP contribution < -0.4 is 0 Å². The molecule has 8 bridgehead atoms. The van der Waals surface area contributed by atoms with Crippen LogP contribution in [0.1, 0.15) is 94.2 Å². The normalized spacial score (nSPS) is 13.8. The first kappa shape index (κ1) is 37.9. The Morgan fingerprint density at radius 1 is 0.518 bits per heavy atom. The topological polar surface area (TPSA) is 109 Å². The summed E-state index contributed by atoms with van der Waals surface area (Å²) in [7, 11) is 0. The molecule has 3 aromatic heterocycles. The standard InChI is InChI=1S/C47H49N8.Zn/c1-44(2,3)25-33(46(7,8)9)36(47(10,11)12)31-24-34-48-37-26-18-13-14-19-27(26)38(50-37)51-39-28-20-15-16-21-29(28)40(52-39)53-41-30-22-17-23-32(45(4,5)6)35(30)43(54-41)55-42(31)49-34;/h13-23H,1-12H3,(H2,48,49,50,51,52,53,54,55);/q-1;/b36-33-;. The Kier molecular flexibility index (Phi) is 8.81. The number of hydrogen-bond donors (Lipinski definition) is 2. The van der Waals surface area contributed by atoms with E-state index in [9.17, 15) is 0 Å². The van der Waals surface area contributed by atoms with E-state index in [1.807, 2.05) is 30.3 Å². The minimum atomic E-state index is -0.275. The molecule has 0 unspecified atom stereocenters. The van der Waals surface area contributed by atoms with Crippen LogP contribution in [0.3, 0.4) is 0 Å². The molecule has 0 radical (unpaired) electrons. The van der Waals surface area contributed by atoms with Crippen LogP contribution in [-0.4, -0.2) is 44.0 Å². The molecule has 9 heteroatoms. The second-order valence-corrected chi connectivity index (χ2v) is 20.6. The van der Waals surface area contributed by atoms with E-state index < -0.39 is 0 Å². The average Bonchev–Trinajstić information content (AvgIpc) is 3.85. The van der Waals surface area contributed by atoms with Gasteiger partial charge < -0.3 is 0 Å². The summed E-state index contributed by atoms with van der Waals surface area (Å²) in [5, 5.41) is 1.90. The predicted molar refractivity (Wildman–Crippen MR) is 226 cm³/mol. The molecule has 6 aromatic rings. The van der Waals surface area contributed by atoms with Crippen LogP contribution in [0.15, 0.2) is 72.3 Å². The predicted octanol–water partition coefficient (Wildman–Crippen LogP) is 11.4. The zero-order valence-corrected chi connectivity index (χ0v) is 37.7. The van der Waals surface area contributed by atoms with Gasteiger partial charge in [0.05, 0.1) is 0 Å². The molecule has 0 aliphatic carbocycles. The molecular weight excluding hydrogens is 742 g/mol.